The van der Waals surface area contributed by atoms with E-state index in [-0.39, 0.29) is 17.4 Å². The molecule has 6 nitrogen and oxygen atoms in total. The third-order valence-electron chi connectivity index (χ3n) is 5.29. The van der Waals surface area contributed by atoms with Crippen molar-refractivity contribution in [2.24, 2.45) is 5.92 Å². The molecule has 0 radical (unpaired) electrons. The molecule has 1 aromatic carbocycles. The highest BCUT2D eigenvalue weighted by molar-refractivity contribution is 7.93. The average molecular weight is 387 g/mol. The van der Waals surface area contributed by atoms with Crippen LogP contribution in [0.3, 0.4) is 0 Å². The molecule has 3 N–H and O–H groups in total. The first-order valence-electron chi connectivity index (χ1n) is 8.54. The zero-order valence-electron chi connectivity index (χ0n) is 13.9. The number of amides is 1. The molecule has 1 aliphatic carbocycles. The van der Waals surface area contributed by atoms with Crippen molar-refractivity contribution < 1.29 is 18.3 Å². The van der Waals surface area contributed by atoms with Gasteiger partial charge in [-0.05, 0) is 37.1 Å². The largest absolute Gasteiger partial charge is 0.391 e. The fraction of sp³-hybridized carbons (Fsp3) is 0.588. The Balaban J connectivity index is 1.83. The SMILES string of the molecule is O=C(NCC1CNCC1O)C1(S(=O)(=O)c2ccc(Cl)cc2)CCCC1. The standard InChI is InChI=1S/C17H23ClN2O4S/c18-13-3-5-14(6-4-13)25(23,24)17(7-1-2-8-17)16(22)20-10-12-9-19-11-15(12)21/h3-6,12,15,19,21H,1-2,7-11H2,(H,20,22). The van der Waals surface area contributed by atoms with Crippen molar-refractivity contribution in [3.63, 3.8) is 0 Å². The normalized spacial score (nSPS) is 25.8. The number of aliphatic hydroxyl groups excluding tert-OH is 1. The van der Waals surface area contributed by atoms with E-state index in [1.165, 1.54) is 24.3 Å². The summed E-state index contributed by atoms with van der Waals surface area (Å²) >= 11 is 5.85. The van der Waals surface area contributed by atoms with Gasteiger partial charge >= 0.3 is 0 Å². The van der Waals surface area contributed by atoms with Gasteiger partial charge in [0.1, 0.15) is 0 Å². The number of carbonyl (C=O) groups is 1. The number of rotatable bonds is 5. The number of sulfone groups is 1. The number of aliphatic hydroxyl groups is 1. The molecular formula is C17H23ClN2O4S. The summed E-state index contributed by atoms with van der Waals surface area (Å²) in [4.78, 5) is 13.0. The Morgan fingerprint density at radius 2 is 1.88 bits per heavy atom. The van der Waals surface area contributed by atoms with Crippen molar-refractivity contribution in [1.29, 1.82) is 0 Å². The molecular weight excluding hydrogens is 364 g/mol. The van der Waals surface area contributed by atoms with E-state index in [0.717, 1.165) is 0 Å². The van der Waals surface area contributed by atoms with Gasteiger partial charge < -0.3 is 15.7 Å². The van der Waals surface area contributed by atoms with Gasteiger partial charge in [-0.2, -0.15) is 0 Å². The third kappa shape index (κ3) is 3.43. The van der Waals surface area contributed by atoms with Gasteiger partial charge in [0.05, 0.1) is 11.0 Å². The monoisotopic (exact) mass is 386 g/mol. The Hall–Kier alpha value is -1.15. The lowest BCUT2D eigenvalue weighted by atomic mass is 10.0. The summed E-state index contributed by atoms with van der Waals surface area (Å²) in [5, 5.41) is 16.1. The van der Waals surface area contributed by atoms with Crippen molar-refractivity contribution in [3.05, 3.63) is 29.3 Å². The van der Waals surface area contributed by atoms with Crippen LogP contribution in [0.1, 0.15) is 25.7 Å². The lowest BCUT2D eigenvalue weighted by Gasteiger charge is -2.28. The molecule has 1 aromatic rings. The molecule has 2 unspecified atom stereocenters. The minimum Gasteiger partial charge on any atom is -0.391 e. The Labute approximate surface area is 152 Å². The van der Waals surface area contributed by atoms with Crippen LogP contribution in [0, 0.1) is 5.92 Å². The quantitative estimate of drug-likeness (QED) is 0.704. The molecule has 2 fully saturated rings. The second-order valence-corrected chi connectivity index (χ2v) is 9.55. The highest BCUT2D eigenvalue weighted by Gasteiger charge is 2.53. The van der Waals surface area contributed by atoms with Crippen LogP contribution in [0.4, 0.5) is 0 Å². The molecule has 2 atom stereocenters. The smallest absolute Gasteiger partial charge is 0.241 e. The number of hydrogen-bond donors (Lipinski definition) is 3. The molecule has 8 heteroatoms. The highest BCUT2D eigenvalue weighted by Crippen LogP contribution is 2.41. The second kappa shape index (κ2) is 7.23. The minimum atomic E-state index is -3.82. The molecule has 0 spiro atoms. The average Bonchev–Trinajstić information content (AvgIpc) is 3.23. The van der Waals surface area contributed by atoms with Gasteiger partial charge in [0, 0.05) is 30.6 Å². The van der Waals surface area contributed by atoms with Gasteiger partial charge in [-0.3, -0.25) is 4.79 Å². The zero-order valence-corrected chi connectivity index (χ0v) is 15.4. The third-order valence-corrected chi connectivity index (χ3v) is 8.06. The lowest BCUT2D eigenvalue weighted by Crippen LogP contribution is -2.52. The first kappa shape index (κ1) is 18.6. The lowest BCUT2D eigenvalue weighted by molar-refractivity contribution is -0.123. The van der Waals surface area contributed by atoms with Gasteiger partial charge in [0.25, 0.3) is 0 Å². The molecule has 1 saturated carbocycles. The predicted molar refractivity (Wildman–Crippen MR) is 95.2 cm³/mol. The van der Waals surface area contributed by atoms with Crippen molar-refractivity contribution in [3.8, 4) is 0 Å². The number of β-amino-alcohol motifs (C(OH)–C–C–N with tert-alkyl or cyclic N) is 1. The van der Waals surface area contributed by atoms with Gasteiger partial charge in [0.2, 0.25) is 5.91 Å². The minimum absolute atomic E-state index is 0.0966. The van der Waals surface area contributed by atoms with Gasteiger partial charge in [-0.25, -0.2) is 8.42 Å². The summed E-state index contributed by atoms with van der Waals surface area (Å²) in [6.07, 6.45) is 1.51. The maximum atomic E-state index is 13.2. The van der Waals surface area contributed by atoms with Gasteiger partial charge in [-0.15, -0.1) is 0 Å². The van der Waals surface area contributed by atoms with E-state index < -0.39 is 26.6 Å². The van der Waals surface area contributed by atoms with Crippen LogP contribution in [-0.2, 0) is 14.6 Å². The molecule has 0 aromatic heterocycles. The molecule has 138 valence electrons. The van der Waals surface area contributed by atoms with Crippen molar-refractivity contribution >= 4 is 27.3 Å². The van der Waals surface area contributed by atoms with Crippen LogP contribution in [0.5, 0.6) is 0 Å². The fourth-order valence-corrected chi connectivity index (χ4v) is 5.93. The van der Waals surface area contributed by atoms with Crippen LogP contribution >= 0.6 is 11.6 Å². The summed E-state index contributed by atoms with van der Waals surface area (Å²) in [6, 6.07) is 5.95. The molecule has 2 aliphatic rings. The molecule has 1 saturated heterocycles. The van der Waals surface area contributed by atoms with Crippen molar-refractivity contribution in [1.82, 2.24) is 10.6 Å². The first-order chi connectivity index (χ1) is 11.9. The Bertz CT molecular complexity index is 730. The summed E-state index contributed by atoms with van der Waals surface area (Å²) in [6.45, 7) is 1.37. The van der Waals surface area contributed by atoms with Crippen LogP contribution in [-0.4, -0.2) is 49.9 Å². The highest BCUT2D eigenvalue weighted by atomic mass is 35.5. The molecule has 1 heterocycles. The van der Waals surface area contributed by atoms with E-state index in [9.17, 15) is 18.3 Å². The summed E-state index contributed by atoms with van der Waals surface area (Å²) < 4.78 is 25.0. The van der Waals surface area contributed by atoms with Crippen molar-refractivity contribution in [2.45, 2.75) is 41.4 Å². The Morgan fingerprint density at radius 1 is 1.24 bits per heavy atom. The summed E-state index contributed by atoms with van der Waals surface area (Å²) in [5.41, 5.74) is 0. The van der Waals surface area contributed by atoms with Gasteiger partial charge in [0.15, 0.2) is 14.6 Å². The Kier molecular flexibility index (Phi) is 5.39. The number of benzene rings is 1. The number of nitrogens with one attached hydrogen (secondary N) is 2. The number of carbonyl (C=O) groups excluding carboxylic acids is 1. The zero-order chi connectivity index (χ0) is 18.1. The molecule has 25 heavy (non-hydrogen) atoms. The Morgan fingerprint density at radius 3 is 2.44 bits per heavy atom. The topological polar surface area (TPSA) is 95.5 Å². The number of hydrogen-bond acceptors (Lipinski definition) is 5. The van der Waals surface area contributed by atoms with Crippen LogP contribution in [0.15, 0.2) is 29.2 Å². The predicted octanol–water partition coefficient (Wildman–Crippen LogP) is 1.12. The van der Waals surface area contributed by atoms with E-state index in [4.69, 9.17) is 11.6 Å². The molecule has 0 bridgehead atoms. The van der Waals surface area contributed by atoms with Crippen LogP contribution in [0.25, 0.3) is 0 Å². The van der Waals surface area contributed by atoms with Crippen LogP contribution in [0.2, 0.25) is 5.02 Å². The number of halogens is 1. The van der Waals surface area contributed by atoms with E-state index in [2.05, 4.69) is 10.6 Å². The van der Waals surface area contributed by atoms with Gasteiger partial charge in [-0.1, -0.05) is 24.4 Å². The summed E-state index contributed by atoms with van der Waals surface area (Å²) in [7, 11) is -3.82. The van der Waals surface area contributed by atoms with E-state index >= 15 is 0 Å². The van der Waals surface area contributed by atoms with E-state index in [0.29, 0.717) is 43.8 Å². The maximum absolute atomic E-state index is 13.2. The fourth-order valence-electron chi connectivity index (χ4n) is 3.72. The van der Waals surface area contributed by atoms with E-state index in [1.54, 1.807) is 0 Å². The summed E-state index contributed by atoms with van der Waals surface area (Å²) in [5.74, 6) is -0.556. The van der Waals surface area contributed by atoms with E-state index in [1.807, 2.05) is 0 Å². The molecule has 3 rings (SSSR count). The first-order valence-corrected chi connectivity index (χ1v) is 10.4. The van der Waals surface area contributed by atoms with Crippen LogP contribution < -0.4 is 10.6 Å². The molecule has 1 aliphatic heterocycles. The van der Waals surface area contributed by atoms with Crippen molar-refractivity contribution in [2.75, 3.05) is 19.6 Å². The second-order valence-electron chi connectivity index (χ2n) is 6.85. The molecule has 1 amide bonds. The maximum Gasteiger partial charge on any atom is 0.241 e.